The summed E-state index contributed by atoms with van der Waals surface area (Å²) in [6.07, 6.45) is 15.8. The Kier molecular flexibility index (Phi) is 19.3. The van der Waals surface area contributed by atoms with E-state index in [0.29, 0.717) is 13.2 Å². The molecule has 1 fully saturated rings. The average molecular weight is 426 g/mol. The van der Waals surface area contributed by atoms with Crippen molar-refractivity contribution in [2.24, 2.45) is 0 Å². The zero-order valence-electron chi connectivity index (χ0n) is 20.2. The first-order chi connectivity index (χ1) is 14.8. The fourth-order valence-corrected chi connectivity index (χ4v) is 3.83. The molecule has 1 aliphatic rings. The predicted molar refractivity (Wildman–Crippen MR) is 126 cm³/mol. The standard InChI is InChI=1S/C24H49BNO4/c1-4-7-8-9-10-11-12-13-14-15-16-26-19-23(21-27-17-5-2)29-25-30-24(20-26)22-28-18-6-3/h23-24H,4-22H2,1-3H3. The van der Waals surface area contributed by atoms with Crippen LogP contribution in [0.2, 0.25) is 0 Å². The molecule has 0 aromatic carbocycles. The van der Waals surface area contributed by atoms with Crippen LogP contribution in [0.3, 0.4) is 0 Å². The van der Waals surface area contributed by atoms with Crippen LogP contribution < -0.4 is 0 Å². The molecule has 2 unspecified atom stereocenters. The SMILES string of the molecule is CCCCCCCCCCCCN1CC(COCCC)O[B]OC(COCCC)C1. The lowest BCUT2D eigenvalue weighted by Crippen LogP contribution is -2.47. The Labute approximate surface area is 187 Å². The number of nitrogens with zero attached hydrogens (tertiary/aromatic N) is 1. The van der Waals surface area contributed by atoms with Gasteiger partial charge in [-0.3, -0.25) is 4.90 Å². The second-order valence-electron chi connectivity index (χ2n) is 8.70. The van der Waals surface area contributed by atoms with Gasteiger partial charge in [-0.15, -0.1) is 0 Å². The van der Waals surface area contributed by atoms with E-state index in [0.717, 1.165) is 45.7 Å². The van der Waals surface area contributed by atoms with Gasteiger partial charge in [0.25, 0.3) is 0 Å². The molecule has 1 rings (SSSR count). The van der Waals surface area contributed by atoms with E-state index in [1.165, 1.54) is 71.9 Å². The van der Waals surface area contributed by atoms with Crippen molar-refractivity contribution in [2.75, 3.05) is 46.1 Å². The van der Waals surface area contributed by atoms with Crippen molar-refractivity contribution in [3.63, 3.8) is 0 Å². The zero-order valence-corrected chi connectivity index (χ0v) is 20.2. The number of unbranched alkanes of at least 4 members (excludes halogenated alkanes) is 9. The lowest BCUT2D eigenvalue weighted by atomic mass is 10.1. The lowest BCUT2D eigenvalue weighted by molar-refractivity contribution is -0.0320. The van der Waals surface area contributed by atoms with Crippen LogP contribution >= 0.6 is 0 Å². The number of rotatable bonds is 19. The van der Waals surface area contributed by atoms with E-state index in [4.69, 9.17) is 18.8 Å². The van der Waals surface area contributed by atoms with E-state index in [2.05, 4.69) is 25.7 Å². The molecule has 0 N–H and O–H groups in total. The fourth-order valence-electron chi connectivity index (χ4n) is 3.83. The van der Waals surface area contributed by atoms with Gasteiger partial charge in [0.05, 0.1) is 25.4 Å². The van der Waals surface area contributed by atoms with Crippen LogP contribution in [-0.4, -0.2) is 70.9 Å². The van der Waals surface area contributed by atoms with Crippen molar-refractivity contribution >= 4 is 7.69 Å². The number of ether oxygens (including phenoxy) is 2. The van der Waals surface area contributed by atoms with Crippen LogP contribution in [0.1, 0.15) is 97.8 Å². The maximum absolute atomic E-state index is 5.83. The molecule has 0 spiro atoms. The van der Waals surface area contributed by atoms with E-state index in [9.17, 15) is 0 Å². The smallest absolute Gasteiger partial charge is 0.407 e. The van der Waals surface area contributed by atoms with Crippen molar-refractivity contribution in [2.45, 2.75) is 110 Å². The molecule has 1 radical (unpaired) electrons. The predicted octanol–water partition coefficient (Wildman–Crippen LogP) is 5.38. The first kappa shape index (κ1) is 27.9. The molecular formula is C24H49BNO4. The molecule has 0 aromatic heterocycles. The summed E-state index contributed by atoms with van der Waals surface area (Å²) >= 11 is 0. The Bertz CT molecular complexity index is 342. The summed E-state index contributed by atoms with van der Waals surface area (Å²) in [4.78, 5) is 2.48. The van der Waals surface area contributed by atoms with Gasteiger partial charge in [0.15, 0.2) is 0 Å². The highest BCUT2D eigenvalue weighted by molar-refractivity contribution is 6.18. The maximum atomic E-state index is 5.83. The van der Waals surface area contributed by atoms with Gasteiger partial charge < -0.3 is 18.8 Å². The van der Waals surface area contributed by atoms with Crippen molar-refractivity contribution < 1.29 is 18.8 Å². The third-order valence-corrected chi connectivity index (χ3v) is 5.55. The van der Waals surface area contributed by atoms with Crippen molar-refractivity contribution in [1.29, 1.82) is 0 Å². The van der Waals surface area contributed by atoms with Gasteiger partial charge in [0, 0.05) is 26.3 Å². The van der Waals surface area contributed by atoms with Crippen LogP contribution in [0.4, 0.5) is 0 Å². The molecule has 5 nitrogen and oxygen atoms in total. The molecule has 177 valence electrons. The van der Waals surface area contributed by atoms with Crippen LogP contribution in [0, 0.1) is 0 Å². The molecule has 2 atom stereocenters. The molecule has 1 aliphatic heterocycles. The minimum atomic E-state index is 0.0391. The van der Waals surface area contributed by atoms with Gasteiger partial charge >= 0.3 is 7.69 Å². The Morgan fingerprint density at radius 3 is 1.60 bits per heavy atom. The van der Waals surface area contributed by atoms with E-state index in [1.54, 1.807) is 0 Å². The van der Waals surface area contributed by atoms with E-state index < -0.39 is 0 Å². The highest BCUT2D eigenvalue weighted by atomic mass is 16.6. The summed E-state index contributed by atoms with van der Waals surface area (Å²) in [6, 6.07) is 0. The summed E-state index contributed by atoms with van der Waals surface area (Å²) in [7, 11) is 1.51. The molecule has 0 amide bonds. The topological polar surface area (TPSA) is 40.2 Å². The molecular weight excluding hydrogens is 377 g/mol. The van der Waals surface area contributed by atoms with Gasteiger partial charge in [0.2, 0.25) is 0 Å². The molecule has 1 heterocycles. The van der Waals surface area contributed by atoms with Crippen LogP contribution in [-0.2, 0) is 18.8 Å². The monoisotopic (exact) mass is 426 g/mol. The van der Waals surface area contributed by atoms with Gasteiger partial charge in [-0.25, -0.2) is 0 Å². The second-order valence-corrected chi connectivity index (χ2v) is 8.70. The number of hydrogen-bond acceptors (Lipinski definition) is 5. The molecule has 30 heavy (non-hydrogen) atoms. The van der Waals surface area contributed by atoms with Crippen LogP contribution in [0.15, 0.2) is 0 Å². The molecule has 0 saturated carbocycles. The first-order valence-electron chi connectivity index (χ1n) is 12.8. The third-order valence-electron chi connectivity index (χ3n) is 5.55. The number of hydrogen-bond donors (Lipinski definition) is 0. The van der Waals surface area contributed by atoms with Gasteiger partial charge in [-0.05, 0) is 25.8 Å². The highest BCUT2D eigenvalue weighted by Crippen LogP contribution is 2.13. The minimum absolute atomic E-state index is 0.0391. The molecule has 6 heteroatoms. The second kappa shape index (κ2) is 20.8. The summed E-state index contributed by atoms with van der Waals surface area (Å²) < 4.78 is 23.1. The van der Waals surface area contributed by atoms with Crippen LogP contribution in [0.25, 0.3) is 0 Å². The van der Waals surface area contributed by atoms with Crippen molar-refractivity contribution in [3.8, 4) is 0 Å². The Balaban J connectivity index is 2.27. The average Bonchev–Trinajstić information content (AvgIpc) is 2.73. The summed E-state index contributed by atoms with van der Waals surface area (Å²) in [5.41, 5.74) is 0. The van der Waals surface area contributed by atoms with Crippen molar-refractivity contribution in [3.05, 3.63) is 0 Å². The molecule has 0 aromatic rings. The fraction of sp³-hybridized carbons (Fsp3) is 1.00. The lowest BCUT2D eigenvalue weighted by Gasteiger charge is -2.33. The Hall–Kier alpha value is -0.135. The Morgan fingerprint density at radius 2 is 1.13 bits per heavy atom. The first-order valence-corrected chi connectivity index (χ1v) is 12.8. The zero-order chi connectivity index (χ0) is 21.7. The summed E-state index contributed by atoms with van der Waals surface area (Å²) in [5, 5.41) is 0. The summed E-state index contributed by atoms with van der Waals surface area (Å²) in [5.74, 6) is 0. The highest BCUT2D eigenvalue weighted by Gasteiger charge is 2.24. The third kappa shape index (κ3) is 15.6. The normalized spacial score (nSPS) is 20.6. The largest absolute Gasteiger partial charge is 0.488 e. The van der Waals surface area contributed by atoms with Crippen molar-refractivity contribution in [1.82, 2.24) is 4.90 Å². The van der Waals surface area contributed by atoms with Gasteiger partial charge in [-0.1, -0.05) is 78.6 Å². The van der Waals surface area contributed by atoms with E-state index in [1.807, 2.05) is 0 Å². The van der Waals surface area contributed by atoms with Crippen LogP contribution in [0.5, 0.6) is 0 Å². The minimum Gasteiger partial charge on any atom is -0.407 e. The quantitative estimate of drug-likeness (QED) is 0.205. The molecule has 0 bridgehead atoms. The molecule has 1 saturated heterocycles. The summed E-state index contributed by atoms with van der Waals surface area (Å²) in [6.45, 7) is 12.2. The maximum Gasteiger partial charge on any atom is 0.488 e. The van der Waals surface area contributed by atoms with E-state index in [-0.39, 0.29) is 12.2 Å². The van der Waals surface area contributed by atoms with Gasteiger partial charge in [0.1, 0.15) is 0 Å². The van der Waals surface area contributed by atoms with Gasteiger partial charge in [-0.2, -0.15) is 0 Å². The molecule has 0 aliphatic carbocycles. The Morgan fingerprint density at radius 1 is 0.667 bits per heavy atom. The van der Waals surface area contributed by atoms with E-state index >= 15 is 0 Å².